The number of hydrogen-bond acceptors (Lipinski definition) is 5. The number of aromatic nitrogens is 1. The largest absolute Gasteiger partial charge is 0.368 e. The SMILES string of the molecule is Nc1cc(C2(COC3CCCCO3)CCCCC2)no1. The number of nitrogen functional groups attached to an aromatic ring is 1. The van der Waals surface area contributed by atoms with Crippen molar-refractivity contribution < 1.29 is 14.0 Å². The third kappa shape index (κ3) is 2.99. The molecule has 0 radical (unpaired) electrons. The molecule has 0 amide bonds. The van der Waals surface area contributed by atoms with E-state index in [1.165, 1.54) is 25.7 Å². The predicted molar refractivity (Wildman–Crippen MR) is 75.2 cm³/mol. The Balaban J connectivity index is 1.69. The number of anilines is 1. The Morgan fingerprint density at radius 3 is 2.75 bits per heavy atom. The normalized spacial score (nSPS) is 26.5. The van der Waals surface area contributed by atoms with E-state index >= 15 is 0 Å². The maximum Gasteiger partial charge on any atom is 0.222 e. The highest BCUT2D eigenvalue weighted by atomic mass is 16.7. The minimum absolute atomic E-state index is 0.0415. The molecule has 112 valence electrons. The van der Waals surface area contributed by atoms with Gasteiger partial charge in [0.25, 0.3) is 0 Å². The van der Waals surface area contributed by atoms with E-state index in [0.717, 1.165) is 38.0 Å². The van der Waals surface area contributed by atoms with Crippen LogP contribution in [0, 0.1) is 0 Å². The molecule has 1 saturated heterocycles. The zero-order valence-corrected chi connectivity index (χ0v) is 12.0. The second kappa shape index (κ2) is 6.14. The Labute approximate surface area is 119 Å². The molecule has 1 unspecified atom stereocenters. The van der Waals surface area contributed by atoms with Gasteiger partial charge in [0.1, 0.15) is 0 Å². The Morgan fingerprint density at radius 2 is 2.10 bits per heavy atom. The zero-order chi connectivity index (χ0) is 13.8. The molecule has 1 saturated carbocycles. The van der Waals surface area contributed by atoms with Gasteiger partial charge in [-0.3, -0.25) is 0 Å². The van der Waals surface area contributed by atoms with Crippen LogP contribution in [0.4, 0.5) is 5.88 Å². The van der Waals surface area contributed by atoms with Crippen molar-refractivity contribution in [3.63, 3.8) is 0 Å². The number of ether oxygens (including phenoxy) is 2. The van der Waals surface area contributed by atoms with Crippen molar-refractivity contribution in [1.82, 2.24) is 5.16 Å². The van der Waals surface area contributed by atoms with E-state index in [0.29, 0.717) is 12.5 Å². The quantitative estimate of drug-likeness (QED) is 0.918. The average Bonchev–Trinajstić information content (AvgIpc) is 2.94. The van der Waals surface area contributed by atoms with Gasteiger partial charge in [0.05, 0.1) is 12.3 Å². The summed E-state index contributed by atoms with van der Waals surface area (Å²) in [5.41, 5.74) is 6.60. The first kappa shape index (κ1) is 13.9. The van der Waals surface area contributed by atoms with Crippen molar-refractivity contribution in [3.8, 4) is 0 Å². The van der Waals surface area contributed by atoms with E-state index in [1.54, 1.807) is 0 Å². The summed E-state index contributed by atoms with van der Waals surface area (Å²) in [4.78, 5) is 0. The molecule has 1 aromatic heterocycles. The molecule has 0 spiro atoms. The fourth-order valence-electron chi connectivity index (χ4n) is 3.34. The first-order valence-corrected chi connectivity index (χ1v) is 7.74. The first-order chi connectivity index (χ1) is 9.78. The summed E-state index contributed by atoms with van der Waals surface area (Å²) < 4.78 is 16.8. The average molecular weight is 280 g/mol. The Morgan fingerprint density at radius 1 is 1.25 bits per heavy atom. The van der Waals surface area contributed by atoms with E-state index in [2.05, 4.69) is 5.16 Å². The summed E-state index contributed by atoms with van der Waals surface area (Å²) in [6, 6.07) is 1.86. The third-order valence-electron chi connectivity index (χ3n) is 4.57. The molecule has 1 aliphatic heterocycles. The van der Waals surface area contributed by atoms with Crippen LogP contribution in [0.1, 0.15) is 57.1 Å². The molecule has 3 rings (SSSR count). The Hall–Kier alpha value is -1.07. The van der Waals surface area contributed by atoms with Crippen molar-refractivity contribution >= 4 is 5.88 Å². The van der Waals surface area contributed by atoms with Crippen LogP contribution in [0.15, 0.2) is 10.6 Å². The lowest BCUT2D eigenvalue weighted by atomic mass is 9.72. The maximum atomic E-state index is 6.04. The standard InChI is InChI=1S/C15H24N2O3/c16-13-10-12(17-20-13)15(7-3-1-4-8-15)11-19-14-6-2-5-9-18-14/h10,14H,1-9,11,16H2. The molecule has 5 heteroatoms. The molecule has 2 heterocycles. The van der Waals surface area contributed by atoms with Crippen molar-refractivity contribution in [3.05, 3.63) is 11.8 Å². The second-order valence-electron chi connectivity index (χ2n) is 6.06. The van der Waals surface area contributed by atoms with Gasteiger partial charge in [-0.15, -0.1) is 0 Å². The van der Waals surface area contributed by atoms with Crippen LogP contribution in [0.25, 0.3) is 0 Å². The topological polar surface area (TPSA) is 70.5 Å². The van der Waals surface area contributed by atoms with Crippen LogP contribution < -0.4 is 5.73 Å². The summed E-state index contributed by atoms with van der Waals surface area (Å²) in [6.07, 6.45) is 9.17. The molecule has 2 aliphatic rings. The second-order valence-corrected chi connectivity index (χ2v) is 6.06. The molecular formula is C15H24N2O3. The number of hydrogen-bond donors (Lipinski definition) is 1. The smallest absolute Gasteiger partial charge is 0.222 e. The van der Waals surface area contributed by atoms with Crippen LogP contribution in [0.3, 0.4) is 0 Å². The van der Waals surface area contributed by atoms with Gasteiger partial charge < -0.3 is 19.7 Å². The highest BCUT2D eigenvalue weighted by Gasteiger charge is 2.38. The Kier molecular flexibility index (Phi) is 4.27. The summed E-state index contributed by atoms with van der Waals surface area (Å²) in [6.45, 7) is 1.47. The highest BCUT2D eigenvalue weighted by Crippen LogP contribution is 2.40. The van der Waals surface area contributed by atoms with E-state index in [-0.39, 0.29) is 11.7 Å². The molecule has 0 bridgehead atoms. The summed E-state index contributed by atoms with van der Waals surface area (Å²) in [5, 5.41) is 4.15. The molecule has 1 aromatic rings. The predicted octanol–water partition coefficient (Wildman–Crippen LogP) is 3.00. The monoisotopic (exact) mass is 280 g/mol. The van der Waals surface area contributed by atoms with E-state index in [1.807, 2.05) is 6.07 Å². The molecule has 2 N–H and O–H groups in total. The highest BCUT2D eigenvalue weighted by molar-refractivity contribution is 5.29. The summed E-state index contributed by atoms with van der Waals surface area (Å²) >= 11 is 0. The molecule has 20 heavy (non-hydrogen) atoms. The van der Waals surface area contributed by atoms with Crippen molar-refractivity contribution in [1.29, 1.82) is 0 Å². The van der Waals surface area contributed by atoms with Gasteiger partial charge in [0, 0.05) is 18.1 Å². The number of nitrogens with two attached hydrogens (primary N) is 1. The molecule has 1 aliphatic carbocycles. The van der Waals surface area contributed by atoms with Crippen LogP contribution in [-0.4, -0.2) is 24.7 Å². The molecular weight excluding hydrogens is 256 g/mol. The lowest BCUT2D eigenvalue weighted by Crippen LogP contribution is -2.37. The van der Waals surface area contributed by atoms with Gasteiger partial charge in [-0.25, -0.2) is 0 Å². The number of rotatable bonds is 4. The lowest BCUT2D eigenvalue weighted by Gasteiger charge is -2.36. The molecule has 2 fully saturated rings. The summed E-state index contributed by atoms with van der Waals surface area (Å²) in [5.74, 6) is 0.388. The van der Waals surface area contributed by atoms with Crippen LogP contribution in [0.2, 0.25) is 0 Å². The fourth-order valence-corrected chi connectivity index (χ4v) is 3.34. The number of nitrogens with zero attached hydrogens (tertiary/aromatic N) is 1. The minimum Gasteiger partial charge on any atom is -0.368 e. The van der Waals surface area contributed by atoms with Crippen molar-refractivity contribution in [2.45, 2.75) is 63.1 Å². The van der Waals surface area contributed by atoms with E-state index < -0.39 is 0 Å². The van der Waals surface area contributed by atoms with Gasteiger partial charge in [0.2, 0.25) is 5.88 Å². The van der Waals surface area contributed by atoms with Crippen LogP contribution in [-0.2, 0) is 14.9 Å². The van der Waals surface area contributed by atoms with Gasteiger partial charge in [-0.1, -0.05) is 24.4 Å². The Bertz CT molecular complexity index is 421. The van der Waals surface area contributed by atoms with E-state index in [9.17, 15) is 0 Å². The minimum atomic E-state index is -0.0493. The maximum absolute atomic E-state index is 6.04. The fraction of sp³-hybridized carbons (Fsp3) is 0.800. The van der Waals surface area contributed by atoms with Crippen LogP contribution in [0.5, 0.6) is 0 Å². The summed E-state index contributed by atoms with van der Waals surface area (Å²) in [7, 11) is 0. The molecule has 1 atom stereocenters. The van der Waals surface area contributed by atoms with Gasteiger partial charge in [0.15, 0.2) is 6.29 Å². The van der Waals surface area contributed by atoms with Gasteiger partial charge in [-0.2, -0.15) is 0 Å². The van der Waals surface area contributed by atoms with E-state index in [4.69, 9.17) is 19.7 Å². The molecule has 5 nitrogen and oxygen atoms in total. The third-order valence-corrected chi connectivity index (χ3v) is 4.57. The lowest BCUT2D eigenvalue weighted by molar-refractivity contribution is -0.174. The van der Waals surface area contributed by atoms with Gasteiger partial charge >= 0.3 is 0 Å². The van der Waals surface area contributed by atoms with Gasteiger partial charge in [-0.05, 0) is 32.1 Å². The molecule has 0 aromatic carbocycles. The zero-order valence-electron chi connectivity index (χ0n) is 12.0. The van der Waals surface area contributed by atoms with Crippen LogP contribution >= 0.6 is 0 Å². The van der Waals surface area contributed by atoms with Crippen molar-refractivity contribution in [2.24, 2.45) is 0 Å². The first-order valence-electron chi connectivity index (χ1n) is 7.74. The van der Waals surface area contributed by atoms with Crippen molar-refractivity contribution in [2.75, 3.05) is 18.9 Å².